The van der Waals surface area contributed by atoms with E-state index in [1.54, 1.807) is 0 Å². The summed E-state index contributed by atoms with van der Waals surface area (Å²) in [5.41, 5.74) is 0. The van der Waals surface area contributed by atoms with E-state index < -0.39 is 36.6 Å². The number of alkyl halides is 7. The van der Waals surface area contributed by atoms with E-state index in [2.05, 4.69) is 0 Å². The van der Waals surface area contributed by atoms with Crippen molar-refractivity contribution < 1.29 is 39.5 Å². The fourth-order valence-electron chi connectivity index (χ4n) is 0.511. The third-order valence-electron chi connectivity index (χ3n) is 1.38. The van der Waals surface area contributed by atoms with Crippen molar-refractivity contribution in [2.75, 3.05) is 6.67 Å². The van der Waals surface area contributed by atoms with E-state index in [1.807, 2.05) is 0 Å². The van der Waals surface area contributed by atoms with Gasteiger partial charge in [0.15, 0.2) is 13.0 Å². The Morgan fingerprint density at radius 2 is 1.40 bits per heavy atom. The lowest BCUT2D eigenvalue weighted by molar-refractivity contribution is -0.303. The molecule has 0 bridgehead atoms. The lowest BCUT2D eigenvalue weighted by Gasteiger charge is -2.29. The molecule has 1 radical (unpaired) electrons. The molecule has 0 N–H and O–H groups in total. The Morgan fingerprint density at radius 3 is 1.67 bits per heavy atom. The van der Waals surface area contributed by atoms with E-state index in [0.29, 0.717) is 0 Å². The summed E-state index contributed by atoms with van der Waals surface area (Å²) in [4.78, 5) is 0. The number of hydrogen-bond acceptors (Lipinski definition) is 0. The normalized spacial score (nSPS) is 15.7. The molecule has 0 aromatic heterocycles. The van der Waals surface area contributed by atoms with Crippen LogP contribution in [0.15, 0.2) is 5.83 Å². The quantitative estimate of drug-likeness (QED) is 0.665. The minimum absolute atomic E-state index is 0.528. The average Bonchev–Trinajstić information content (AvgIpc) is 2.15. The van der Waals surface area contributed by atoms with Crippen LogP contribution >= 0.6 is 0 Å². The lowest BCUT2D eigenvalue weighted by atomic mass is 10.0. The van der Waals surface area contributed by atoms with Crippen molar-refractivity contribution in [3.05, 3.63) is 12.2 Å². The van der Waals surface area contributed by atoms with Crippen LogP contribution in [0.3, 0.4) is 0 Å². The molecular formula is C6H2F9. The van der Waals surface area contributed by atoms with Crippen LogP contribution in [0.1, 0.15) is 0 Å². The van der Waals surface area contributed by atoms with Crippen LogP contribution in [-0.2, 0) is 0 Å². The highest BCUT2D eigenvalue weighted by atomic mass is 19.4. The largest absolute Gasteiger partial charge is 0.381 e. The molecule has 0 rings (SSSR count). The van der Waals surface area contributed by atoms with E-state index in [4.69, 9.17) is 0 Å². The summed E-state index contributed by atoms with van der Waals surface area (Å²) in [6.45, 7) is -3.14. The van der Waals surface area contributed by atoms with Gasteiger partial charge in [0.25, 0.3) is 0 Å². The zero-order valence-corrected chi connectivity index (χ0v) is 6.61. The average molecular weight is 245 g/mol. The Morgan fingerprint density at radius 1 is 1.00 bits per heavy atom. The van der Waals surface area contributed by atoms with Crippen LogP contribution in [0.4, 0.5) is 39.5 Å². The van der Waals surface area contributed by atoms with Gasteiger partial charge in [-0.3, -0.25) is 0 Å². The molecular weight excluding hydrogens is 243 g/mol. The molecule has 15 heavy (non-hydrogen) atoms. The van der Waals surface area contributed by atoms with Crippen molar-refractivity contribution in [3.8, 4) is 0 Å². The molecule has 0 unspecified atom stereocenters. The van der Waals surface area contributed by atoms with E-state index >= 15 is 0 Å². The van der Waals surface area contributed by atoms with Gasteiger partial charge in [0.2, 0.25) is 5.83 Å². The maximum atomic E-state index is 12.2. The van der Waals surface area contributed by atoms with Crippen molar-refractivity contribution >= 4 is 0 Å². The molecule has 0 heterocycles. The summed E-state index contributed by atoms with van der Waals surface area (Å²) >= 11 is 0. The van der Waals surface area contributed by atoms with Gasteiger partial charge in [0.05, 0.1) is 0 Å². The molecule has 0 aromatic rings. The highest BCUT2D eigenvalue weighted by Gasteiger charge is 2.73. The van der Waals surface area contributed by atoms with Gasteiger partial charge in [-0.2, -0.15) is 26.3 Å². The highest BCUT2D eigenvalue weighted by Crippen LogP contribution is 2.49. The smallest absolute Gasteiger partial charge is 0.244 e. The van der Waals surface area contributed by atoms with E-state index in [9.17, 15) is 39.5 Å². The molecule has 0 atom stereocenters. The van der Waals surface area contributed by atoms with E-state index in [1.165, 1.54) is 0 Å². The van der Waals surface area contributed by atoms with Crippen LogP contribution in [0.2, 0.25) is 0 Å². The summed E-state index contributed by atoms with van der Waals surface area (Å²) in [6.07, 6.45) is -0.528. The maximum absolute atomic E-state index is 12.2. The van der Waals surface area contributed by atoms with Gasteiger partial charge < -0.3 is 0 Å². The zero-order chi connectivity index (χ0) is 12.5. The van der Waals surface area contributed by atoms with Gasteiger partial charge in [0.1, 0.15) is 0 Å². The lowest BCUT2D eigenvalue weighted by Crippen LogP contribution is -2.55. The first-order chi connectivity index (χ1) is 6.54. The predicted molar refractivity (Wildman–Crippen MR) is 29.8 cm³/mol. The van der Waals surface area contributed by atoms with Crippen molar-refractivity contribution in [2.24, 2.45) is 0 Å². The highest BCUT2D eigenvalue weighted by molar-refractivity contribution is 5.10. The molecule has 89 valence electrons. The Labute approximate surface area is 77.4 Å². The second kappa shape index (κ2) is 3.93. The predicted octanol–water partition coefficient (Wildman–Crippen LogP) is 3.45. The Bertz CT molecular complexity index is 253. The fourth-order valence-corrected chi connectivity index (χ4v) is 0.511. The Hall–Kier alpha value is -0.890. The van der Waals surface area contributed by atoms with E-state index in [0.717, 1.165) is 0 Å². The number of halogens is 9. The van der Waals surface area contributed by atoms with Crippen LogP contribution < -0.4 is 0 Å². The number of allylic oxidation sites excluding steroid dienone is 1. The molecule has 9 heteroatoms. The van der Waals surface area contributed by atoms with Gasteiger partial charge in [-0.05, 0) is 0 Å². The van der Waals surface area contributed by atoms with Crippen molar-refractivity contribution in [2.45, 2.75) is 17.8 Å². The standard InChI is InChI=1S/C6H2F9/c7-1-3(9)5(12,13)6(14,15)4(10,11)2-8/h2H2. The molecule has 0 saturated carbocycles. The molecule has 0 aliphatic rings. The molecule has 0 aliphatic heterocycles. The number of hydrogen-bond donors (Lipinski definition) is 0. The monoisotopic (exact) mass is 245 g/mol. The van der Waals surface area contributed by atoms with Gasteiger partial charge in [-0.25, -0.2) is 13.2 Å². The molecule has 0 fully saturated rings. The zero-order valence-electron chi connectivity index (χ0n) is 6.61. The van der Waals surface area contributed by atoms with Crippen LogP contribution in [0.5, 0.6) is 0 Å². The first kappa shape index (κ1) is 14.1. The van der Waals surface area contributed by atoms with Gasteiger partial charge in [0, 0.05) is 0 Å². The van der Waals surface area contributed by atoms with Crippen molar-refractivity contribution in [1.82, 2.24) is 0 Å². The second-order valence-corrected chi connectivity index (χ2v) is 2.40. The summed E-state index contributed by atoms with van der Waals surface area (Å²) in [5.74, 6) is -21.9. The van der Waals surface area contributed by atoms with Gasteiger partial charge in [-0.15, -0.1) is 0 Å². The topological polar surface area (TPSA) is 0 Å². The second-order valence-electron chi connectivity index (χ2n) is 2.40. The maximum Gasteiger partial charge on any atom is 0.381 e. The molecule has 0 amide bonds. The minimum Gasteiger partial charge on any atom is -0.244 e. The van der Waals surface area contributed by atoms with Gasteiger partial charge >= 0.3 is 17.8 Å². The summed E-state index contributed by atoms with van der Waals surface area (Å²) in [6, 6.07) is 0. The molecule has 0 saturated heterocycles. The Kier molecular flexibility index (Phi) is 3.70. The third kappa shape index (κ3) is 2.05. The third-order valence-corrected chi connectivity index (χ3v) is 1.38. The van der Waals surface area contributed by atoms with E-state index in [-0.39, 0.29) is 0 Å². The van der Waals surface area contributed by atoms with Crippen molar-refractivity contribution in [3.63, 3.8) is 0 Å². The van der Waals surface area contributed by atoms with Crippen LogP contribution in [-0.4, -0.2) is 24.4 Å². The fraction of sp³-hybridized carbons (Fsp3) is 0.667. The molecule has 0 aliphatic carbocycles. The summed E-state index contributed by atoms with van der Waals surface area (Å²) in [5, 5.41) is 0. The SMILES string of the molecule is F/[C]=C(/F)C(F)(F)C(F)(F)C(F)(F)CF. The first-order valence-electron chi connectivity index (χ1n) is 3.13. The van der Waals surface area contributed by atoms with Gasteiger partial charge in [-0.1, -0.05) is 0 Å². The molecule has 0 spiro atoms. The van der Waals surface area contributed by atoms with Crippen LogP contribution in [0, 0.1) is 6.33 Å². The van der Waals surface area contributed by atoms with Crippen molar-refractivity contribution in [1.29, 1.82) is 0 Å². The summed E-state index contributed by atoms with van der Waals surface area (Å²) < 4.78 is 107. The molecule has 0 nitrogen and oxygen atoms in total. The van der Waals surface area contributed by atoms with Crippen LogP contribution in [0.25, 0.3) is 0 Å². The number of rotatable bonds is 4. The summed E-state index contributed by atoms with van der Waals surface area (Å²) in [7, 11) is 0. The Balaban J connectivity index is 5.37. The first-order valence-corrected chi connectivity index (χ1v) is 3.13. The minimum atomic E-state index is -6.39. The molecule has 0 aromatic carbocycles.